The van der Waals surface area contributed by atoms with Crippen LogP contribution in [0.4, 0.5) is 11.4 Å². The summed E-state index contributed by atoms with van der Waals surface area (Å²) >= 11 is 0. The molecule has 0 heterocycles. The second-order valence-corrected chi connectivity index (χ2v) is 12.5. The van der Waals surface area contributed by atoms with Gasteiger partial charge in [-0.2, -0.15) is 0 Å². The second kappa shape index (κ2) is 10.7. The van der Waals surface area contributed by atoms with Gasteiger partial charge in [-0.25, -0.2) is 4.99 Å². The summed E-state index contributed by atoms with van der Waals surface area (Å²) in [6.45, 7) is 22.7. The first kappa shape index (κ1) is 27.9. The third-order valence-electron chi connectivity index (χ3n) is 8.53. The molecule has 206 valence electrons. The summed E-state index contributed by atoms with van der Waals surface area (Å²) in [6, 6.07) is 26.6. The number of anilines is 1. The molecule has 0 saturated carbocycles. The topological polar surface area (TPSA) is 24.4 Å². The summed E-state index contributed by atoms with van der Waals surface area (Å²) in [5, 5.41) is 6.62. The van der Waals surface area contributed by atoms with Crippen molar-refractivity contribution >= 4 is 27.9 Å². The van der Waals surface area contributed by atoms with Gasteiger partial charge in [0.15, 0.2) is 0 Å². The lowest BCUT2D eigenvalue weighted by Crippen LogP contribution is -2.39. The molecule has 0 aliphatic heterocycles. The molecular weight excluding hydrogens is 484 g/mol. The van der Waals surface area contributed by atoms with Gasteiger partial charge in [0.2, 0.25) is 0 Å². The predicted molar refractivity (Wildman–Crippen MR) is 175 cm³/mol. The SMILES string of the molecule is C=CC1(Nc2c(C(C)C)cccc2C(C)C)C(=Nc2c(C(C)C)cccc2C(C)C)c2cccc3cccc1c23. The zero-order valence-electron chi connectivity index (χ0n) is 25.5. The standard InChI is InChI=1S/C38H44N2/c1-10-38(40-36-30(25(6)7)19-14-20-31(36)26(8)9)33-22-12-16-27-15-11-21-32(34(27)33)37(38)39-35-28(23(2)3)17-13-18-29(35)24(4)5/h10-26,40H,1H2,2-9H3. The zero-order chi connectivity index (χ0) is 28.8. The molecule has 0 fully saturated rings. The Balaban J connectivity index is 1.88. The largest absolute Gasteiger partial charge is 0.367 e. The fourth-order valence-electron chi connectivity index (χ4n) is 6.38. The molecule has 4 aromatic rings. The molecule has 0 aromatic heterocycles. The van der Waals surface area contributed by atoms with Crippen LogP contribution in [0, 0.1) is 0 Å². The number of para-hydroxylation sites is 2. The maximum atomic E-state index is 5.69. The molecule has 0 spiro atoms. The van der Waals surface area contributed by atoms with Crippen molar-refractivity contribution in [3.63, 3.8) is 0 Å². The molecule has 5 rings (SSSR count). The lowest BCUT2D eigenvalue weighted by molar-refractivity contribution is 0.797. The molecule has 1 atom stereocenters. The molecule has 1 unspecified atom stereocenters. The first-order chi connectivity index (χ1) is 19.1. The normalized spacial score (nSPS) is 17.6. The van der Waals surface area contributed by atoms with E-state index in [4.69, 9.17) is 4.99 Å². The average Bonchev–Trinajstić information content (AvgIpc) is 3.19. The number of nitrogens with one attached hydrogen (secondary N) is 1. The Hall–Kier alpha value is -3.65. The second-order valence-electron chi connectivity index (χ2n) is 12.5. The lowest BCUT2D eigenvalue weighted by atomic mass is 9.85. The minimum absolute atomic E-state index is 0.359. The average molecular weight is 529 g/mol. The van der Waals surface area contributed by atoms with Gasteiger partial charge in [0, 0.05) is 11.3 Å². The van der Waals surface area contributed by atoms with Gasteiger partial charge < -0.3 is 5.32 Å². The number of rotatable bonds is 8. The highest BCUT2D eigenvalue weighted by Gasteiger charge is 2.44. The minimum Gasteiger partial charge on any atom is -0.367 e. The molecular formula is C38H44N2. The van der Waals surface area contributed by atoms with Gasteiger partial charge in [-0.1, -0.05) is 134 Å². The van der Waals surface area contributed by atoms with Crippen molar-refractivity contribution in [2.24, 2.45) is 4.99 Å². The summed E-state index contributed by atoms with van der Waals surface area (Å²) in [7, 11) is 0. The van der Waals surface area contributed by atoms with E-state index in [0.717, 1.165) is 11.4 Å². The van der Waals surface area contributed by atoms with E-state index in [1.165, 1.54) is 49.8 Å². The Morgan fingerprint density at radius 2 is 1.12 bits per heavy atom. The Morgan fingerprint density at radius 1 is 0.650 bits per heavy atom. The number of hydrogen-bond acceptors (Lipinski definition) is 2. The van der Waals surface area contributed by atoms with Crippen molar-refractivity contribution in [2.75, 3.05) is 5.32 Å². The number of nitrogens with zero attached hydrogens (tertiary/aromatic N) is 1. The van der Waals surface area contributed by atoms with Crippen LogP contribution in [0.1, 0.15) is 112 Å². The number of aliphatic imine (C=N–C) groups is 1. The maximum absolute atomic E-state index is 5.69. The van der Waals surface area contributed by atoms with E-state index in [-0.39, 0.29) is 0 Å². The van der Waals surface area contributed by atoms with Crippen LogP contribution in [0.15, 0.2) is 90.4 Å². The summed E-state index contributed by atoms with van der Waals surface area (Å²) in [6.07, 6.45) is 2.09. The van der Waals surface area contributed by atoms with E-state index in [0.29, 0.717) is 23.7 Å². The van der Waals surface area contributed by atoms with Crippen molar-refractivity contribution < 1.29 is 0 Å². The van der Waals surface area contributed by atoms with E-state index in [1.807, 2.05) is 0 Å². The van der Waals surface area contributed by atoms with Crippen molar-refractivity contribution in [3.05, 3.63) is 119 Å². The quantitative estimate of drug-likeness (QED) is 0.226. The van der Waals surface area contributed by atoms with Crippen LogP contribution in [0.25, 0.3) is 10.8 Å². The summed E-state index contributed by atoms with van der Waals surface area (Å²) in [5.74, 6) is 1.46. The summed E-state index contributed by atoms with van der Waals surface area (Å²) in [5.41, 5.74) is 10.2. The highest BCUT2D eigenvalue weighted by atomic mass is 15.0. The maximum Gasteiger partial charge on any atom is 0.125 e. The van der Waals surface area contributed by atoms with Gasteiger partial charge in [0.05, 0.1) is 11.4 Å². The molecule has 40 heavy (non-hydrogen) atoms. The molecule has 1 aliphatic rings. The van der Waals surface area contributed by atoms with E-state index in [1.54, 1.807) is 0 Å². The van der Waals surface area contributed by atoms with Crippen LogP contribution in [0.3, 0.4) is 0 Å². The molecule has 2 nitrogen and oxygen atoms in total. The lowest BCUT2D eigenvalue weighted by Gasteiger charge is -2.34. The van der Waals surface area contributed by atoms with Crippen LogP contribution >= 0.6 is 0 Å². The minimum atomic E-state index is -0.684. The smallest absolute Gasteiger partial charge is 0.125 e. The van der Waals surface area contributed by atoms with Crippen LogP contribution < -0.4 is 5.32 Å². The highest BCUT2D eigenvalue weighted by molar-refractivity contribution is 6.25. The molecule has 0 saturated heterocycles. The monoisotopic (exact) mass is 528 g/mol. The zero-order valence-corrected chi connectivity index (χ0v) is 25.5. The molecule has 4 aromatic carbocycles. The Labute approximate surface area is 241 Å². The first-order valence-corrected chi connectivity index (χ1v) is 14.9. The van der Waals surface area contributed by atoms with Crippen LogP contribution in [0.5, 0.6) is 0 Å². The van der Waals surface area contributed by atoms with Crippen molar-refractivity contribution in [1.82, 2.24) is 0 Å². The van der Waals surface area contributed by atoms with Gasteiger partial charge in [-0.3, -0.25) is 0 Å². The van der Waals surface area contributed by atoms with E-state index in [2.05, 4.69) is 146 Å². The third-order valence-corrected chi connectivity index (χ3v) is 8.53. The van der Waals surface area contributed by atoms with Crippen molar-refractivity contribution in [1.29, 1.82) is 0 Å². The number of benzene rings is 4. The summed E-state index contributed by atoms with van der Waals surface area (Å²) in [4.78, 5) is 5.69. The van der Waals surface area contributed by atoms with Gasteiger partial charge in [0.1, 0.15) is 5.54 Å². The highest BCUT2D eigenvalue weighted by Crippen LogP contribution is 2.48. The summed E-state index contributed by atoms with van der Waals surface area (Å²) < 4.78 is 0. The molecule has 0 bridgehead atoms. The fourth-order valence-corrected chi connectivity index (χ4v) is 6.38. The van der Waals surface area contributed by atoms with Gasteiger partial charge >= 0.3 is 0 Å². The van der Waals surface area contributed by atoms with E-state index < -0.39 is 5.54 Å². The van der Waals surface area contributed by atoms with Gasteiger partial charge in [0.25, 0.3) is 0 Å². The Bertz CT molecular complexity index is 1540. The van der Waals surface area contributed by atoms with E-state index >= 15 is 0 Å². The van der Waals surface area contributed by atoms with Crippen LogP contribution in [-0.4, -0.2) is 5.71 Å². The van der Waals surface area contributed by atoms with Crippen LogP contribution in [0.2, 0.25) is 0 Å². The first-order valence-electron chi connectivity index (χ1n) is 14.9. The molecule has 0 radical (unpaired) electrons. The van der Waals surface area contributed by atoms with E-state index in [9.17, 15) is 0 Å². The third kappa shape index (κ3) is 4.48. The number of hydrogen-bond donors (Lipinski definition) is 1. The Morgan fingerprint density at radius 3 is 1.62 bits per heavy atom. The Kier molecular flexibility index (Phi) is 7.48. The van der Waals surface area contributed by atoms with Crippen LogP contribution in [-0.2, 0) is 5.54 Å². The molecule has 2 heteroatoms. The molecule has 1 N–H and O–H groups in total. The van der Waals surface area contributed by atoms with Crippen molar-refractivity contribution in [3.8, 4) is 0 Å². The van der Waals surface area contributed by atoms with Gasteiger partial charge in [-0.05, 0) is 62.3 Å². The molecule has 0 amide bonds. The van der Waals surface area contributed by atoms with Crippen molar-refractivity contribution in [2.45, 2.75) is 84.6 Å². The molecule has 1 aliphatic carbocycles. The van der Waals surface area contributed by atoms with Gasteiger partial charge in [-0.15, -0.1) is 6.58 Å². The predicted octanol–water partition coefficient (Wildman–Crippen LogP) is 11.0. The fraction of sp³-hybridized carbons (Fsp3) is 0.342.